The van der Waals surface area contributed by atoms with Crippen LogP contribution < -0.4 is 15.0 Å². The number of halogens is 1. The summed E-state index contributed by atoms with van der Waals surface area (Å²) in [6.07, 6.45) is 3.60. The van der Waals surface area contributed by atoms with Gasteiger partial charge in [-0.2, -0.15) is 4.98 Å². The Hall–Kier alpha value is -4.60. The van der Waals surface area contributed by atoms with Crippen LogP contribution in [0.25, 0.3) is 5.82 Å². The highest BCUT2D eigenvalue weighted by Crippen LogP contribution is 2.27. The van der Waals surface area contributed by atoms with E-state index in [9.17, 15) is 14.0 Å². The van der Waals surface area contributed by atoms with Crippen molar-refractivity contribution in [1.82, 2.24) is 19.5 Å². The van der Waals surface area contributed by atoms with Crippen molar-refractivity contribution in [3.8, 4) is 17.4 Å². The summed E-state index contributed by atoms with van der Waals surface area (Å²) < 4.78 is 20.9. The fourth-order valence-corrected chi connectivity index (χ4v) is 4.05. The first-order chi connectivity index (χ1) is 17.4. The topological polar surface area (TPSA) is 102 Å². The van der Waals surface area contributed by atoms with E-state index in [1.807, 2.05) is 17.7 Å². The Balaban J connectivity index is 1.22. The van der Waals surface area contributed by atoms with Crippen LogP contribution in [0.15, 0.2) is 67.0 Å². The lowest BCUT2D eigenvalue weighted by Crippen LogP contribution is -2.28. The highest BCUT2D eigenvalue weighted by molar-refractivity contribution is 6.03. The van der Waals surface area contributed by atoms with Gasteiger partial charge in [-0.3, -0.25) is 14.2 Å². The van der Waals surface area contributed by atoms with Gasteiger partial charge in [0.1, 0.15) is 29.0 Å². The normalized spacial score (nSPS) is 15.2. The average molecular weight is 487 g/mol. The maximum absolute atomic E-state index is 13.2. The molecule has 0 aliphatic carbocycles. The Morgan fingerprint density at radius 1 is 1.08 bits per heavy atom. The molecule has 3 heterocycles. The van der Waals surface area contributed by atoms with Gasteiger partial charge in [-0.1, -0.05) is 0 Å². The molecule has 10 heteroatoms. The third kappa shape index (κ3) is 4.92. The Kier molecular flexibility index (Phi) is 6.16. The lowest BCUT2D eigenvalue weighted by Gasteiger charge is -2.16. The van der Waals surface area contributed by atoms with Gasteiger partial charge in [-0.15, -0.1) is 0 Å². The maximum atomic E-state index is 13.2. The number of nitrogens with zero attached hydrogens (tertiary/aromatic N) is 5. The monoisotopic (exact) mass is 486 g/mol. The summed E-state index contributed by atoms with van der Waals surface area (Å²) in [5, 5.41) is 2.85. The van der Waals surface area contributed by atoms with E-state index >= 15 is 0 Å². The molecule has 2 aromatic heterocycles. The predicted molar refractivity (Wildman–Crippen MR) is 131 cm³/mol. The number of benzene rings is 2. The molecule has 5 rings (SSSR count). The zero-order valence-electron chi connectivity index (χ0n) is 19.7. The summed E-state index contributed by atoms with van der Waals surface area (Å²) in [5.74, 6) is 1.61. The van der Waals surface area contributed by atoms with Crippen LogP contribution in [0.1, 0.15) is 18.1 Å². The fourth-order valence-electron chi connectivity index (χ4n) is 4.05. The SMILES string of the molecule is Cc1nc(Oc2ccc(NC(=O)C3CC(=O)N(c4ccc(F)cc4)C3)cc2)cc(-n2ccnc2C)n1. The van der Waals surface area contributed by atoms with Crippen LogP contribution in [0.3, 0.4) is 0 Å². The van der Waals surface area contributed by atoms with E-state index in [-0.39, 0.29) is 30.6 Å². The molecule has 0 radical (unpaired) electrons. The Morgan fingerprint density at radius 3 is 2.53 bits per heavy atom. The van der Waals surface area contributed by atoms with E-state index in [0.29, 0.717) is 34.6 Å². The summed E-state index contributed by atoms with van der Waals surface area (Å²) in [4.78, 5) is 39.7. The molecule has 9 nitrogen and oxygen atoms in total. The molecule has 0 bridgehead atoms. The smallest absolute Gasteiger partial charge is 0.229 e. The van der Waals surface area contributed by atoms with Crippen molar-refractivity contribution in [1.29, 1.82) is 0 Å². The molecule has 4 aromatic rings. The first-order valence-electron chi connectivity index (χ1n) is 11.4. The number of rotatable bonds is 6. The summed E-state index contributed by atoms with van der Waals surface area (Å²) in [5.41, 5.74) is 1.15. The Morgan fingerprint density at radius 2 is 1.83 bits per heavy atom. The molecule has 36 heavy (non-hydrogen) atoms. The lowest BCUT2D eigenvalue weighted by molar-refractivity contribution is -0.122. The number of nitrogens with one attached hydrogen (secondary N) is 1. The van der Waals surface area contributed by atoms with E-state index in [2.05, 4.69) is 20.3 Å². The van der Waals surface area contributed by atoms with Crippen molar-refractivity contribution < 1.29 is 18.7 Å². The van der Waals surface area contributed by atoms with Gasteiger partial charge in [0.25, 0.3) is 0 Å². The second-order valence-corrected chi connectivity index (χ2v) is 8.45. The van der Waals surface area contributed by atoms with Crippen LogP contribution in [-0.4, -0.2) is 37.9 Å². The van der Waals surface area contributed by atoms with Gasteiger partial charge in [0.05, 0.1) is 5.92 Å². The summed E-state index contributed by atoms with van der Waals surface area (Å²) >= 11 is 0. The van der Waals surface area contributed by atoms with Crippen LogP contribution in [0.5, 0.6) is 11.6 Å². The number of aryl methyl sites for hydroxylation is 2. The number of hydrogen-bond acceptors (Lipinski definition) is 6. The molecule has 1 unspecified atom stereocenters. The average Bonchev–Trinajstić information content (AvgIpc) is 3.46. The zero-order valence-corrected chi connectivity index (χ0v) is 19.7. The number of carbonyl (C=O) groups excluding carboxylic acids is 2. The minimum atomic E-state index is -0.507. The second-order valence-electron chi connectivity index (χ2n) is 8.45. The molecule has 1 fully saturated rings. The summed E-state index contributed by atoms with van der Waals surface area (Å²) in [6.45, 7) is 3.91. The quantitative estimate of drug-likeness (QED) is 0.438. The van der Waals surface area contributed by atoms with E-state index in [4.69, 9.17) is 4.74 Å². The molecule has 1 aliphatic heterocycles. The van der Waals surface area contributed by atoms with Crippen molar-refractivity contribution in [2.24, 2.45) is 5.92 Å². The molecule has 1 saturated heterocycles. The molecular weight excluding hydrogens is 463 g/mol. The summed E-state index contributed by atoms with van der Waals surface area (Å²) in [6, 6.07) is 14.3. The highest BCUT2D eigenvalue weighted by atomic mass is 19.1. The van der Waals surface area contributed by atoms with Crippen molar-refractivity contribution in [2.45, 2.75) is 20.3 Å². The number of amides is 2. The summed E-state index contributed by atoms with van der Waals surface area (Å²) in [7, 11) is 0. The van der Waals surface area contributed by atoms with E-state index in [1.54, 1.807) is 43.5 Å². The minimum Gasteiger partial charge on any atom is -0.439 e. The number of anilines is 2. The minimum absolute atomic E-state index is 0.0934. The maximum Gasteiger partial charge on any atom is 0.229 e. The van der Waals surface area contributed by atoms with Crippen molar-refractivity contribution >= 4 is 23.2 Å². The van der Waals surface area contributed by atoms with Crippen molar-refractivity contribution in [3.05, 3.63) is 84.5 Å². The molecule has 0 saturated carbocycles. The van der Waals surface area contributed by atoms with Gasteiger partial charge >= 0.3 is 0 Å². The third-order valence-electron chi connectivity index (χ3n) is 5.85. The van der Waals surface area contributed by atoms with Crippen molar-refractivity contribution in [3.63, 3.8) is 0 Å². The first-order valence-corrected chi connectivity index (χ1v) is 11.4. The number of ether oxygens (including phenoxy) is 1. The Bertz CT molecular complexity index is 1420. The zero-order chi connectivity index (χ0) is 25.2. The number of imidazole rings is 1. The first kappa shape index (κ1) is 23.2. The highest BCUT2D eigenvalue weighted by Gasteiger charge is 2.35. The van der Waals surface area contributed by atoms with Gasteiger partial charge in [-0.25, -0.2) is 14.4 Å². The van der Waals surface area contributed by atoms with E-state index < -0.39 is 5.92 Å². The molecule has 1 N–H and O–H groups in total. The van der Waals surface area contributed by atoms with Gasteiger partial charge < -0.3 is 15.0 Å². The second kappa shape index (κ2) is 9.57. The predicted octanol–water partition coefficient (Wildman–Crippen LogP) is 4.20. The molecule has 2 amide bonds. The largest absolute Gasteiger partial charge is 0.439 e. The molecule has 2 aromatic carbocycles. The molecule has 0 spiro atoms. The molecule has 1 aliphatic rings. The van der Waals surface area contributed by atoms with E-state index in [1.165, 1.54) is 29.2 Å². The lowest BCUT2D eigenvalue weighted by atomic mass is 10.1. The van der Waals surface area contributed by atoms with Crippen LogP contribution in [0.4, 0.5) is 15.8 Å². The van der Waals surface area contributed by atoms with Crippen molar-refractivity contribution in [2.75, 3.05) is 16.8 Å². The van der Waals surface area contributed by atoms with Gasteiger partial charge in [0, 0.05) is 42.8 Å². The molecule has 182 valence electrons. The van der Waals surface area contributed by atoms with Gasteiger partial charge in [0.2, 0.25) is 17.7 Å². The number of aromatic nitrogens is 4. The van der Waals surface area contributed by atoms with Crippen LogP contribution in [0.2, 0.25) is 0 Å². The Labute approximate surface area is 206 Å². The van der Waals surface area contributed by atoms with Crippen LogP contribution in [-0.2, 0) is 9.59 Å². The number of hydrogen-bond donors (Lipinski definition) is 1. The van der Waals surface area contributed by atoms with Crippen LogP contribution >= 0.6 is 0 Å². The van der Waals surface area contributed by atoms with Crippen LogP contribution in [0, 0.1) is 25.6 Å². The molecule has 1 atom stereocenters. The number of carbonyl (C=O) groups is 2. The third-order valence-corrected chi connectivity index (χ3v) is 5.85. The van der Waals surface area contributed by atoms with Gasteiger partial charge in [-0.05, 0) is 62.4 Å². The standard InChI is InChI=1S/C26H23FN6O3/c1-16-29-23(32-12-11-28-17(32)2)14-24(30-16)36-22-9-5-20(6-10-22)31-26(35)18-13-25(34)33(15-18)21-7-3-19(27)4-8-21/h3-12,14,18H,13,15H2,1-2H3,(H,31,35). The van der Waals surface area contributed by atoms with Gasteiger partial charge in [0.15, 0.2) is 0 Å². The molecular formula is C26H23FN6O3. The fraction of sp³-hybridized carbons (Fsp3) is 0.192. The van der Waals surface area contributed by atoms with E-state index in [0.717, 1.165) is 5.82 Å².